The lowest BCUT2D eigenvalue weighted by molar-refractivity contribution is 0.876. The minimum Gasteiger partial charge on any atom is -0.390 e. The molecule has 0 aliphatic carbocycles. The molecule has 0 atom stereocenters. The van der Waals surface area contributed by atoms with Gasteiger partial charge in [-0.25, -0.2) is 9.98 Å². The molecule has 0 aromatic carbocycles. The van der Waals surface area contributed by atoms with Crippen molar-refractivity contribution in [1.29, 1.82) is 0 Å². The highest BCUT2D eigenvalue weighted by Gasteiger charge is 2.21. The zero-order chi connectivity index (χ0) is 17.4. The van der Waals surface area contributed by atoms with Gasteiger partial charge in [-0.05, 0) is 46.8 Å². The normalized spacial score (nSPS) is 12.0. The summed E-state index contributed by atoms with van der Waals surface area (Å²) in [5, 5.41) is 1.28. The van der Waals surface area contributed by atoms with Gasteiger partial charge in [0.15, 0.2) is 5.82 Å². The Kier molecular flexibility index (Phi) is 4.50. The van der Waals surface area contributed by atoms with Crippen molar-refractivity contribution in [2.45, 2.75) is 40.0 Å². The van der Waals surface area contributed by atoms with Crippen LogP contribution in [0.25, 0.3) is 21.5 Å². The molecule has 0 unspecified atom stereocenters. The zero-order valence-electron chi connectivity index (χ0n) is 14.5. The number of nitrogens with one attached hydrogen (secondary N) is 1. The number of aromatic nitrogens is 2. The highest BCUT2D eigenvalue weighted by Crippen LogP contribution is 2.39. The second-order valence-corrected chi connectivity index (χ2v) is 7.27. The molecule has 0 spiro atoms. The average Bonchev–Trinajstić information content (AvgIpc) is 3.03. The number of fused-ring (bicyclic) bond motifs is 1. The largest absolute Gasteiger partial charge is 0.390 e. The van der Waals surface area contributed by atoms with Gasteiger partial charge in [-0.2, -0.15) is 0 Å². The molecule has 0 aliphatic heterocycles. The van der Waals surface area contributed by atoms with Gasteiger partial charge in [-0.15, -0.1) is 11.3 Å². The summed E-state index contributed by atoms with van der Waals surface area (Å²) in [6, 6.07) is 2.10. The molecule has 3 N–H and O–H groups in total. The van der Waals surface area contributed by atoms with Crippen LogP contribution in [0.1, 0.15) is 44.8 Å². The van der Waals surface area contributed by atoms with Gasteiger partial charge in [-0.3, -0.25) is 0 Å². The number of aromatic amines is 1. The molecule has 0 amide bonds. The third-order valence-electron chi connectivity index (χ3n) is 4.28. The average molecular weight is 338 g/mol. The number of aryl methyl sites for hydroxylation is 2. The van der Waals surface area contributed by atoms with E-state index < -0.39 is 0 Å². The van der Waals surface area contributed by atoms with E-state index in [-0.39, 0.29) is 1.43 Å². The molecule has 6 heteroatoms. The lowest BCUT2D eigenvalue weighted by atomic mass is 9.91. The van der Waals surface area contributed by atoms with E-state index >= 15 is 0 Å². The molecule has 3 aromatic rings. The molecule has 24 heavy (non-hydrogen) atoms. The standard InChI is InChI=1S/C18H21BN4S.H2/c1-5-12-14-13(9(2)3)15(23-18(14)24-16(12)19)11-6-10(4)17(21-7-11)22-8-20;/h6-9,23H,5H2,1-4H3,(H2,20,21,22);1H. The minimum absolute atomic E-state index is 0. The van der Waals surface area contributed by atoms with Gasteiger partial charge < -0.3 is 10.7 Å². The maximum absolute atomic E-state index is 6.20. The molecular formula is C18H23BN4S. The first-order valence-electron chi connectivity index (χ1n) is 8.11. The fraction of sp³-hybridized carbons (Fsp3) is 0.333. The summed E-state index contributed by atoms with van der Waals surface area (Å²) in [5.74, 6) is 1.04. The van der Waals surface area contributed by atoms with Gasteiger partial charge >= 0.3 is 0 Å². The summed E-state index contributed by atoms with van der Waals surface area (Å²) in [6.45, 7) is 8.58. The summed E-state index contributed by atoms with van der Waals surface area (Å²) < 4.78 is 0.911. The van der Waals surface area contributed by atoms with E-state index in [0.29, 0.717) is 11.7 Å². The van der Waals surface area contributed by atoms with Crippen LogP contribution < -0.4 is 10.5 Å². The number of nitrogens with zero attached hydrogens (tertiary/aromatic N) is 2. The highest BCUT2D eigenvalue weighted by molar-refractivity contribution is 7.26. The number of aliphatic imine (C=N–C) groups is 1. The van der Waals surface area contributed by atoms with E-state index in [4.69, 9.17) is 13.6 Å². The number of H-pyrrole nitrogens is 1. The molecule has 0 bridgehead atoms. The topological polar surface area (TPSA) is 67.1 Å². The van der Waals surface area contributed by atoms with E-state index in [1.165, 1.54) is 22.9 Å². The Morgan fingerprint density at radius 2 is 2.25 bits per heavy atom. The summed E-state index contributed by atoms with van der Waals surface area (Å²) in [7, 11) is 6.20. The summed E-state index contributed by atoms with van der Waals surface area (Å²) >= 11 is 1.63. The monoisotopic (exact) mass is 338 g/mol. The molecule has 3 heterocycles. The van der Waals surface area contributed by atoms with Gasteiger partial charge in [0.25, 0.3) is 0 Å². The van der Waals surface area contributed by atoms with Crippen LogP contribution in [0.15, 0.2) is 17.3 Å². The molecule has 0 saturated carbocycles. The fourth-order valence-corrected chi connectivity index (χ4v) is 4.31. The maximum Gasteiger partial charge on any atom is 0.156 e. The zero-order valence-corrected chi connectivity index (χ0v) is 15.3. The van der Waals surface area contributed by atoms with Crippen LogP contribution in [0, 0.1) is 6.92 Å². The third kappa shape index (κ3) is 2.65. The Morgan fingerprint density at radius 1 is 1.50 bits per heavy atom. The first-order valence-corrected chi connectivity index (χ1v) is 8.93. The number of rotatable bonds is 4. The molecule has 3 aromatic heterocycles. The van der Waals surface area contributed by atoms with Crippen molar-refractivity contribution in [3.63, 3.8) is 0 Å². The van der Waals surface area contributed by atoms with Crippen LogP contribution in [0.2, 0.25) is 0 Å². The lowest BCUT2D eigenvalue weighted by Gasteiger charge is -2.11. The fourth-order valence-electron chi connectivity index (χ4n) is 3.23. The molecule has 0 fully saturated rings. The first kappa shape index (κ1) is 16.8. The van der Waals surface area contributed by atoms with Crippen molar-refractivity contribution < 1.29 is 1.43 Å². The van der Waals surface area contributed by atoms with Gasteiger partial charge in [0, 0.05) is 18.6 Å². The molecule has 124 valence electrons. The Morgan fingerprint density at radius 3 is 2.83 bits per heavy atom. The molecular weight excluding hydrogens is 315 g/mol. The number of pyridine rings is 1. The summed E-state index contributed by atoms with van der Waals surface area (Å²) in [4.78, 5) is 13.2. The van der Waals surface area contributed by atoms with Crippen LogP contribution in [0.4, 0.5) is 5.82 Å². The third-order valence-corrected chi connectivity index (χ3v) is 5.26. The smallest absolute Gasteiger partial charge is 0.156 e. The van der Waals surface area contributed by atoms with Crippen molar-refractivity contribution >= 4 is 46.3 Å². The second kappa shape index (κ2) is 6.44. The van der Waals surface area contributed by atoms with Crippen molar-refractivity contribution in [3.05, 3.63) is 29.0 Å². The van der Waals surface area contributed by atoms with Crippen LogP contribution in [0.5, 0.6) is 0 Å². The predicted molar refractivity (Wildman–Crippen MR) is 107 cm³/mol. The Hall–Kier alpha value is -2.08. The first-order chi connectivity index (χ1) is 11.5. The van der Waals surface area contributed by atoms with E-state index in [9.17, 15) is 0 Å². The van der Waals surface area contributed by atoms with Crippen LogP contribution in [-0.4, -0.2) is 24.2 Å². The Bertz CT molecular complexity index is 927. The number of hydrogen-bond donors (Lipinski definition) is 2. The minimum atomic E-state index is 0. The molecule has 4 nitrogen and oxygen atoms in total. The Labute approximate surface area is 149 Å². The lowest BCUT2D eigenvalue weighted by Crippen LogP contribution is -2.03. The van der Waals surface area contributed by atoms with Gasteiger partial charge in [0.05, 0.1) is 12.0 Å². The van der Waals surface area contributed by atoms with Gasteiger partial charge in [-0.1, -0.05) is 20.8 Å². The second-order valence-electron chi connectivity index (χ2n) is 6.21. The van der Waals surface area contributed by atoms with E-state index in [1.807, 2.05) is 13.1 Å². The summed E-state index contributed by atoms with van der Waals surface area (Å²) in [5.41, 5.74) is 11.1. The SMILES string of the molecule is [B]c1sc2[nH]c(-c3cnc(N=CN)c(C)c3)c(C(C)C)c2c1CC.[HH]. The highest BCUT2D eigenvalue weighted by atomic mass is 32.1. The molecule has 3 rings (SSSR count). The molecule has 2 radical (unpaired) electrons. The maximum atomic E-state index is 6.20. The summed E-state index contributed by atoms with van der Waals surface area (Å²) in [6.07, 6.45) is 4.06. The number of thiophene rings is 1. The van der Waals surface area contributed by atoms with E-state index in [1.54, 1.807) is 11.3 Å². The van der Waals surface area contributed by atoms with Crippen LogP contribution in [-0.2, 0) is 6.42 Å². The predicted octanol–water partition coefficient (Wildman–Crippen LogP) is 3.94. The number of nitrogens with two attached hydrogens (primary N) is 1. The van der Waals surface area contributed by atoms with Crippen molar-refractivity contribution in [1.82, 2.24) is 9.97 Å². The van der Waals surface area contributed by atoms with Crippen molar-refractivity contribution in [3.8, 4) is 11.3 Å². The van der Waals surface area contributed by atoms with E-state index in [0.717, 1.165) is 32.8 Å². The van der Waals surface area contributed by atoms with E-state index in [2.05, 4.69) is 41.8 Å². The Balaban J connectivity index is 0.00000225. The van der Waals surface area contributed by atoms with Crippen LogP contribution >= 0.6 is 11.3 Å². The van der Waals surface area contributed by atoms with Gasteiger partial charge in [0.1, 0.15) is 12.7 Å². The van der Waals surface area contributed by atoms with Crippen molar-refractivity contribution in [2.24, 2.45) is 10.7 Å². The van der Waals surface area contributed by atoms with Crippen LogP contribution in [0.3, 0.4) is 0 Å². The number of hydrogen-bond acceptors (Lipinski definition) is 3. The quantitative estimate of drug-likeness (QED) is 0.430. The molecule has 0 aliphatic rings. The van der Waals surface area contributed by atoms with Crippen molar-refractivity contribution in [2.75, 3.05) is 0 Å². The van der Waals surface area contributed by atoms with Gasteiger partial charge in [0.2, 0.25) is 0 Å². The molecule has 0 saturated heterocycles.